The molecule has 0 atom stereocenters. The van der Waals surface area contributed by atoms with Gasteiger partial charge in [0.25, 0.3) is 10.0 Å². The van der Waals surface area contributed by atoms with Gasteiger partial charge < -0.3 is 9.67 Å². The van der Waals surface area contributed by atoms with Crippen molar-refractivity contribution < 1.29 is 18.3 Å². The minimum absolute atomic E-state index is 0.0981. The Bertz CT molecular complexity index is 1940. The van der Waals surface area contributed by atoms with Crippen molar-refractivity contribution >= 4 is 54.4 Å². The summed E-state index contributed by atoms with van der Waals surface area (Å²) < 4.78 is 29.8. The van der Waals surface area contributed by atoms with Gasteiger partial charge in [-0.3, -0.25) is 9.52 Å². The van der Waals surface area contributed by atoms with Crippen LogP contribution in [0.2, 0.25) is 5.02 Å². The molecule has 0 amide bonds. The minimum Gasteiger partial charge on any atom is -0.477 e. The van der Waals surface area contributed by atoms with Crippen molar-refractivity contribution in [2.75, 3.05) is 4.72 Å². The predicted molar refractivity (Wildman–Crippen MR) is 149 cm³/mol. The van der Waals surface area contributed by atoms with Crippen LogP contribution in [0.5, 0.6) is 0 Å². The van der Waals surface area contributed by atoms with Gasteiger partial charge in [-0.2, -0.15) is 5.26 Å². The second kappa shape index (κ2) is 10.3. The van der Waals surface area contributed by atoms with Gasteiger partial charge in [0.2, 0.25) is 5.43 Å². The monoisotopic (exact) mass is 576 g/mol. The molecule has 12 heteroatoms. The first-order valence-corrected chi connectivity index (χ1v) is 14.0. The number of thiazole rings is 1. The third-order valence-corrected chi connectivity index (χ3v) is 8.62. The van der Waals surface area contributed by atoms with Gasteiger partial charge in [-0.15, -0.1) is 0 Å². The van der Waals surface area contributed by atoms with Crippen LogP contribution >= 0.6 is 22.9 Å². The number of fused-ring (bicyclic) bond motifs is 1. The number of hydrogen-bond donors (Lipinski definition) is 2. The average molecular weight is 577 g/mol. The maximum Gasteiger partial charge on any atom is 0.341 e. The predicted octanol–water partition coefficient (Wildman–Crippen LogP) is 5.20. The van der Waals surface area contributed by atoms with E-state index in [1.807, 2.05) is 42.5 Å². The average Bonchev–Trinajstić information content (AvgIpc) is 3.35. The number of rotatable bonds is 7. The zero-order chi connectivity index (χ0) is 27.7. The molecular weight excluding hydrogens is 560 g/mol. The summed E-state index contributed by atoms with van der Waals surface area (Å²) in [7, 11) is -4.09. The topological polar surface area (TPSA) is 142 Å². The summed E-state index contributed by atoms with van der Waals surface area (Å²) in [6.45, 7) is 0.180. The number of aromatic nitrogens is 2. The molecule has 5 rings (SSSR count). The SMILES string of the molecule is N#Cc1ccc(S(=O)(=O)Nc2nc3c(=O)c(C(=O)O)cn(Cc4ccccc4-c4ccc(Cl)cc4)c3s2)cc1. The molecular formula is C27H17ClN4O5S2. The minimum atomic E-state index is -4.09. The Labute approximate surface area is 231 Å². The van der Waals surface area contributed by atoms with Crippen LogP contribution in [0.25, 0.3) is 21.5 Å². The standard InChI is InChI=1S/C27H17ClN4O5S2/c28-19-9-7-17(8-10-19)21-4-2-1-3-18(21)14-32-15-22(26(34)35)24(33)23-25(32)38-27(30-23)31-39(36,37)20-11-5-16(13-29)6-12-20/h1-12,15H,14H2,(H,30,31)(H,34,35). The number of nitriles is 1. The van der Waals surface area contributed by atoms with E-state index >= 15 is 0 Å². The highest BCUT2D eigenvalue weighted by atomic mass is 35.5. The van der Waals surface area contributed by atoms with E-state index in [-0.39, 0.29) is 22.1 Å². The molecule has 2 N–H and O–H groups in total. The largest absolute Gasteiger partial charge is 0.477 e. The molecule has 9 nitrogen and oxygen atoms in total. The summed E-state index contributed by atoms with van der Waals surface area (Å²) in [5.74, 6) is -1.42. The summed E-state index contributed by atoms with van der Waals surface area (Å²) in [6, 6.07) is 22.0. The highest BCUT2D eigenvalue weighted by Gasteiger charge is 2.22. The Kier molecular flexibility index (Phi) is 6.93. The molecule has 0 aliphatic carbocycles. The fraction of sp³-hybridized carbons (Fsp3) is 0.0370. The van der Waals surface area contributed by atoms with E-state index < -0.39 is 27.0 Å². The van der Waals surface area contributed by atoms with E-state index in [0.717, 1.165) is 28.0 Å². The molecule has 39 heavy (non-hydrogen) atoms. The van der Waals surface area contributed by atoms with E-state index in [4.69, 9.17) is 16.9 Å². The van der Waals surface area contributed by atoms with Gasteiger partial charge in [-0.05, 0) is 53.1 Å². The number of pyridine rings is 1. The maximum absolute atomic E-state index is 12.9. The van der Waals surface area contributed by atoms with E-state index in [9.17, 15) is 23.1 Å². The fourth-order valence-electron chi connectivity index (χ4n) is 4.00. The smallest absolute Gasteiger partial charge is 0.341 e. The van der Waals surface area contributed by atoms with Crippen LogP contribution in [0.3, 0.4) is 0 Å². The van der Waals surface area contributed by atoms with Crippen molar-refractivity contribution in [2.45, 2.75) is 11.4 Å². The summed E-state index contributed by atoms with van der Waals surface area (Å²) in [4.78, 5) is 29.2. The lowest BCUT2D eigenvalue weighted by molar-refractivity contribution is 0.0694. The molecule has 0 saturated heterocycles. The first-order chi connectivity index (χ1) is 18.7. The third kappa shape index (κ3) is 5.26. The number of anilines is 1. The van der Waals surface area contributed by atoms with Crippen molar-refractivity contribution in [1.82, 2.24) is 9.55 Å². The van der Waals surface area contributed by atoms with Crippen molar-refractivity contribution in [2.24, 2.45) is 0 Å². The van der Waals surface area contributed by atoms with Gasteiger partial charge in [0, 0.05) is 17.8 Å². The molecule has 0 unspecified atom stereocenters. The van der Waals surface area contributed by atoms with Crippen LogP contribution in [-0.2, 0) is 16.6 Å². The number of carboxylic acid groups (broad SMARTS) is 1. The summed E-state index contributed by atoms with van der Waals surface area (Å²) in [5.41, 5.74) is 1.43. The normalized spacial score (nSPS) is 11.3. The number of carbonyl (C=O) groups is 1. The Morgan fingerprint density at radius 1 is 1.08 bits per heavy atom. The molecule has 0 bridgehead atoms. The molecule has 0 saturated carbocycles. The number of nitrogens with zero attached hydrogens (tertiary/aromatic N) is 3. The second-order valence-corrected chi connectivity index (χ2v) is 11.5. The number of carboxylic acids is 1. The van der Waals surface area contributed by atoms with Crippen molar-refractivity contribution in [1.29, 1.82) is 5.26 Å². The molecule has 0 aliphatic heterocycles. The molecule has 0 fully saturated rings. The molecule has 3 aromatic carbocycles. The summed E-state index contributed by atoms with van der Waals surface area (Å²) in [6.07, 6.45) is 1.24. The van der Waals surface area contributed by atoms with Crippen molar-refractivity contribution in [3.63, 3.8) is 0 Å². The fourth-order valence-corrected chi connectivity index (χ4v) is 6.30. The first-order valence-electron chi connectivity index (χ1n) is 11.3. The lowest BCUT2D eigenvalue weighted by Gasteiger charge is -2.13. The Balaban J connectivity index is 1.59. The van der Waals surface area contributed by atoms with Crippen molar-refractivity contribution in [3.8, 4) is 17.2 Å². The van der Waals surface area contributed by atoms with Gasteiger partial charge in [0.15, 0.2) is 5.13 Å². The number of nitrogens with one attached hydrogen (secondary N) is 1. The van der Waals surface area contributed by atoms with Crippen molar-refractivity contribution in [3.05, 3.63) is 111 Å². The molecule has 0 aliphatic rings. The summed E-state index contributed by atoms with van der Waals surface area (Å²) >= 11 is 6.95. The molecule has 2 aromatic heterocycles. The number of halogens is 1. The molecule has 0 spiro atoms. The van der Waals surface area contributed by atoms with Crippen LogP contribution < -0.4 is 10.2 Å². The highest BCUT2D eigenvalue weighted by Crippen LogP contribution is 2.30. The van der Waals surface area contributed by atoms with Gasteiger partial charge in [-0.25, -0.2) is 18.2 Å². The zero-order valence-corrected chi connectivity index (χ0v) is 22.2. The Morgan fingerprint density at radius 3 is 2.44 bits per heavy atom. The zero-order valence-electron chi connectivity index (χ0n) is 19.8. The van der Waals surface area contributed by atoms with Crippen LogP contribution in [0.15, 0.2) is 88.7 Å². The number of benzene rings is 3. The van der Waals surface area contributed by atoms with Crippen LogP contribution in [0.4, 0.5) is 5.13 Å². The van der Waals surface area contributed by atoms with E-state index in [1.54, 1.807) is 16.7 Å². The number of aromatic carboxylic acids is 1. The van der Waals surface area contributed by atoms with Gasteiger partial charge in [0.1, 0.15) is 15.9 Å². The molecule has 2 heterocycles. The summed E-state index contributed by atoms with van der Waals surface area (Å²) in [5, 5.41) is 19.1. The van der Waals surface area contributed by atoms with Crippen LogP contribution in [0, 0.1) is 11.3 Å². The maximum atomic E-state index is 12.9. The Morgan fingerprint density at radius 2 is 1.77 bits per heavy atom. The lowest BCUT2D eigenvalue weighted by Crippen LogP contribution is -2.19. The van der Waals surface area contributed by atoms with Crippen LogP contribution in [-0.4, -0.2) is 29.0 Å². The Hall–Kier alpha value is -4.50. The quantitative estimate of drug-likeness (QED) is 0.271. The first kappa shape index (κ1) is 26.1. The number of sulfonamides is 1. The van der Waals surface area contributed by atoms with Gasteiger partial charge in [0.05, 0.1) is 16.5 Å². The van der Waals surface area contributed by atoms with E-state index in [0.29, 0.717) is 15.4 Å². The lowest BCUT2D eigenvalue weighted by atomic mass is 9.99. The molecule has 0 radical (unpaired) electrons. The second-order valence-electron chi connectivity index (χ2n) is 8.38. The highest BCUT2D eigenvalue weighted by molar-refractivity contribution is 7.93. The van der Waals surface area contributed by atoms with Gasteiger partial charge >= 0.3 is 5.97 Å². The van der Waals surface area contributed by atoms with E-state index in [2.05, 4.69) is 9.71 Å². The van der Waals surface area contributed by atoms with E-state index in [1.165, 1.54) is 30.5 Å². The van der Waals surface area contributed by atoms with Gasteiger partial charge in [-0.1, -0.05) is 59.3 Å². The third-order valence-electron chi connectivity index (χ3n) is 5.87. The molecule has 5 aromatic rings. The molecule has 194 valence electrons. The number of hydrogen-bond acceptors (Lipinski definition) is 7. The van der Waals surface area contributed by atoms with Crippen LogP contribution in [0.1, 0.15) is 21.5 Å².